The maximum absolute atomic E-state index is 12.1. The Morgan fingerprint density at radius 1 is 1.37 bits per heavy atom. The second-order valence-corrected chi connectivity index (χ2v) is 4.47. The van der Waals surface area contributed by atoms with Crippen LogP contribution in [0.5, 0.6) is 0 Å². The third-order valence-corrected chi connectivity index (χ3v) is 2.55. The van der Waals surface area contributed by atoms with Crippen LogP contribution in [0.1, 0.15) is 29.8 Å². The number of hydrogen-bond donors (Lipinski definition) is 1. The maximum Gasteiger partial charge on any atom is 0.340 e. The molecule has 0 spiro atoms. The third-order valence-electron chi connectivity index (χ3n) is 2.55. The predicted octanol–water partition coefficient (Wildman–Crippen LogP) is 1.47. The van der Waals surface area contributed by atoms with Crippen LogP contribution in [0, 0.1) is 0 Å². The van der Waals surface area contributed by atoms with Gasteiger partial charge in [-0.1, -0.05) is 12.1 Å². The molecule has 2 N–H and O–H groups in total. The van der Waals surface area contributed by atoms with Gasteiger partial charge in [-0.05, 0) is 25.5 Å². The normalized spacial score (nSPS) is 10.7. The van der Waals surface area contributed by atoms with Crippen LogP contribution in [0.15, 0.2) is 30.9 Å². The smallest absolute Gasteiger partial charge is 0.340 e. The van der Waals surface area contributed by atoms with Gasteiger partial charge >= 0.3 is 5.97 Å². The number of nitrogens with two attached hydrogens (primary N) is 1. The van der Waals surface area contributed by atoms with Gasteiger partial charge in [-0.3, -0.25) is 0 Å². The van der Waals surface area contributed by atoms with Crippen LogP contribution in [0.3, 0.4) is 0 Å². The van der Waals surface area contributed by atoms with Crippen molar-refractivity contribution in [3.63, 3.8) is 0 Å². The molecule has 0 atom stereocenters. The fourth-order valence-electron chi connectivity index (χ4n) is 1.77. The van der Waals surface area contributed by atoms with E-state index in [2.05, 4.69) is 10.2 Å². The topological polar surface area (TPSA) is 83.0 Å². The summed E-state index contributed by atoms with van der Waals surface area (Å²) >= 11 is 0. The molecule has 1 aromatic carbocycles. The lowest BCUT2D eigenvalue weighted by Gasteiger charge is -2.13. The zero-order chi connectivity index (χ0) is 13.8. The van der Waals surface area contributed by atoms with Crippen LogP contribution < -0.4 is 5.73 Å². The van der Waals surface area contributed by atoms with Crippen molar-refractivity contribution in [2.24, 2.45) is 0 Å². The Labute approximate surface area is 111 Å². The van der Waals surface area contributed by atoms with Crippen molar-refractivity contribution in [2.75, 3.05) is 5.73 Å². The van der Waals surface area contributed by atoms with Gasteiger partial charge in [0, 0.05) is 5.69 Å². The predicted molar refractivity (Wildman–Crippen MR) is 70.5 cm³/mol. The molecule has 0 amide bonds. The first-order valence-corrected chi connectivity index (χ1v) is 5.98. The van der Waals surface area contributed by atoms with Gasteiger partial charge in [-0.15, -0.1) is 10.2 Å². The molecule has 0 radical (unpaired) electrons. The molecule has 0 saturated heterocycles. The first kappa shape index (κ1) is 13.1. The monoisotopic (exact) mass is 260 g/mol. The summed E-state index contributed by atoms with van der Waals surface area (Å²) in [6.07, 6.45) is 2.98. The molecule has 2 rings (SSSR count). The molecule has 100 valence electrons. The Balaban J connectivity index is 2.33. The highest BCUT2D eigenvalue weighted by molar-refractivity contribution is 5.96. The minimum Gasteiger partial charge on any atom is -0.459 e. The van der Waals surface area contributed by atoms with Crippen molar-refractivity contribution in [1.82, 2.24) is 14.8 Å². The summed E-state index contributed by atoms with van der Waals surface area (Å²) in [4.78, 5) is 12.1. The standard InChI is InChI=1S/C13H16N4O2/c1-9(2)19-13(18)12-10(4-3-5-11(12)14)6-17-7-15-16-8-17/h3-5,7-9H,6,14H2,1-2H3. The van der Waals surface area contributed by atoms with Crippen LogP contribution in [0.4, 0.5) is 5.69 Å². The molecule has 0 unspecified atom stereocenters. The van der Waals surface area contributed by atoms with E-state index < -0.39 is 5.97 Å². The maximum atomic E-state index is 12.1. The number of nitrogens with zero attached hydrogens (tertiary/aromatic N) is 3. The van der Waals surface area contributed by atoms with Gasteiger partial charge in [0.1, 0.15) is 12.7 Å². The second-order valence-electron chi connectivity index (χ2n) is 4.47. The summed E-state index contributed by atoms with van der Waals surface area (Å²) in [5.74, 6) is -0.406. The number of anilines is 1. The van der Waals surface area contributed by atoms with E-state index in [1.54, 1.807) is 43.2 Å². The van der Waals surface area contributed by atoms with E-state index in [0.717, 1.165) is 5.56 Å². The van der Waals surface area contributed by atoms with Crippen LogP contribution in [-0.4, -0.2) is 26.8 Å². The number of aromatic nitrogens is 3. The lowest BCUT2D eigenvalue weighted by atomic mass is 10.1. The molecule has 0 aliphatic carbocycles. The number of carbonyl (C=O) groups excluding carboxylic acids is 1. The first-order valence-electron chi connectivity index (χ1n) is 5.98. The van der Waals surface area contributed by atoms with Gasteiger partial charge in [-0.25, -0.2) is 4.79 Å². The van der Waals surface area contributed by atoms with Gasteiger partial charge < -0.3 is 15.0 Å². The summed E-state index contributed by atoms with van der Waals surface area (Å²) in [5.41, 5.74) is 7.49. The Morgan fingerprint density at radius 3 is 2.68 bits per heavy atom. The summed E-state index contributed by atoms with van der Waals surface area (Å²) < 4.78 is 6.98. The van der Waals surface area contributed by atoms with Crippen molar-refractivity contribution in [2.45, 2.75) is 26.5 Å². The molecule has 0 aliphatic heterocycles. The van der Waals surface area contributed by atoms with Gasteiger partial charge in [0.15, 0.2) is 0 Å². The van der Waals surface area contributed by atoms with Gasteiger partial charge in [0.2, 0.25) is 0 Å². The van der Waals surface area contributed by atoms with E-state index in [0.29, 0.717) is 17.8 Å². The van der Waals surface area contributed by atoms with Crippen molar-refractivity contribution in [3.05, 3.63) is 42.0 Å². The summed E-state index contributed by atoms with van der Waals surface area (Å²) in [6.45, 7) is 4.08. The largest absolute Gasteiger partial charge is 0.459 e. The molecule has 0 bridgehead atoms. The fraction of sp³-hybridized carbons (Fsp3) is 0.308. The number of rotatable bonds is 4. The van der Waals surface area contributed by atoms with E-state index in [9.17, 15) is 4.79 Å². The zero-order valence-electron chi connectivity index (χ0n) is 10.9. The van der Waals surface area contributed by atoms with Gasteiger partial charge in [-0.2, -0.15) is 0 Å². The molecule has 1 aromatic heterocycles. The molecule has 0 saturated carbocycles. The molecule has 6 nitrogen and oxygen atoms in total. The second kappa shape index (κ2) is 5.51. The molecule has 1 heterocycles. The molecule has 19 heavy (non-hydrogen) atoms. The van der Waals surface area contributed by atoms with Crippen molar-refractivity contribution in [3.8, 4) is 0 Å². The number of hydrogen-bond acceptors (Lipinski definition) is 5. The number of nitrogen functional groups attached to an aromatic ring is 1. The average Bonchev–Trinajstić information content (AvgIpc) is 2.80. The number of ether oxygens (including phenoxy) is 1. The minimum absolute atomic E-state index is 0.185. The average molecular weight is 260 g/mol. The highest BCUT2D eigenvalue weighted by Gasteiger charge is 2.17. The van der Waals surface area contributed by atoms with Crippen LogP contribution in [-0.2, 0) is 11.3 Å². The fourth-order valence-corrected chi connectivity index (χ4v) is 1.77. The van der Waals surface area contributed by atoms with E-state index in [-0.39, 0.29) is 6.10 Å². The first-order chi connectivity index (χ1) is 9.08. The minimum atomic E-state index is -0.406. The number of esters is 1. The highest BCUT2D eigenvalue weighted by atomic mass is 16.5. The number of carbonyl (C=O) groups is 1. The zero-order valence-corrected chi connectivity index (χ0v) is 10.9. The Hall–Kier alpha value is -2.37. The van der Waals surface area contributed by atoms with Crippen molar-refractivity contribution >= 4 is 11.7 Å². The highest BCUT2D eigenvalue weighted by Crippen LogP contribution is 2.20. The SMILES string of the molecule is CC(C)OC(=O)c1c(N)cccc1Cn1cnnc1. The molecule has 6 heteroatoms. The van der Waals surface area contributed by atoms with Crippen LogP contribution in [0.2, 0.25) is 0 Å². The van der Waals surface area contributed by atoms with E-state index in [1.807, 2.05) is 6.07 Å². The van der Waals surface area contributed by atoms with E-state index in [4.69, 9.17) is 10.5 Å². The summed E-state index contributed by atoms with van der Waals surface area (Å²) in [5, 5.41) is 7.46. The number of benzene rings is 1. The Kier molecular flexibility index (Phi) is 3.79. The van der Waals surface area contributed by atoms with Gasteiger partial charge in [0.25, 0.3) is 0 Å². The summed E-state index contributed by atoms with van der Waals surface area (Å²) in [7, 11) is 0. The Bertz CT molecular complexity index is 564. The quantitative estimate of drug-likeness (QED) is 0.665. The Morgan fingerprint density at radius 2 is 2.05 bits per heavy atom. The van der Waals surface area contributed by atoms with E-state index >= 15 is 0 Å². The molecule has 0 fully saturated rings. The third kappa shape index (κ3) is 3.09. The molecule has 2 aromatic rings. The summed E-state index contributed by atoms with van der Waals surface area (Å²) in [6, 6.07) is 5.33. The van der Waals surface area contributed by atoms with Crippen molar-refractivity contribution < 1.29 is 9.53 Å². The van der Waals surface area contributed by atoms with Gasteiger partial charge in [0.05, 0.1) is 18.2 Å². The van der Waals surface area contributed by atoms with Crippen LogP contribution in [0.25, 0.3) is 0 Å². The lowest BCUT2D eigenvalue weighted by molar-refractivity contribution is 0.0378. The van der Waals surface area contributed by atoms with Crippen LogP contribution >= 0.6 is 0 Å². The molecular weight excluding hydrogens is 244 g/mol. The molecular formula is C13H16N4O2. The lowest BCUT2D eigenvalue weighted by Crippen LogP contribution is -2.16. The molecule has 0 aliphatic rings. The van der Waals surface area contributed by atoms with E-state index in [1.165, 1.54) is 0 Å². The van der Waals surface area contributed by atoms with Crippen molar-refractivity contribution in [1.29, 1.82) is 0 Å².